The van der Waals surface area contributed by atoms with Crippen molar-refractivity contribution in [1.82, 2.24) is 10.6 Å². The van der Waals surface area contributed by atoms with E-state index in [2.05, 4.69) is 20.5 Å². The first-order valence-corrected chi connectivity index (χ1v) is 10.4. The Hall–Kier alpha value is -1.86. The van der Waals surface area contributed by atoms with Gasteiger partial charge in [0.05, 0.1) is 6.10 Å². The molecule has 1 atom stereocenters. The third-order valence-electron chi connectivity index (χ3n) is 5.29. The Labute approximate surface area is 167 Å². The smallest absolute Gasteiger partial charge is 0.191 e. The highest BCUT2D eigenvalue weighted by molar-refractivity contribution is 5.80. The zero-order valence-electron chi connectivity index (χ0n) is 16.8. The average Bonchev–Trinajstić information content (AvgIpc) is 2.73. The van der Waals surface area contributed by atoms with E-state index in [0.717, 1.165) is 83.2 Å². The quantitative estimate of drug-likeness (QED) is 0.424. The van der Waals surface area contributed by atoms with E-state index < -0.39 is 0 Å². The van der Waals surface area contributed by atoms with Gasteiger partial charge in [-0.25, -0.2) is 4.39 Å². The Kier molecular flexibility index (Phi) is 8.36. The summed E-state index contributed by atoms with van der Waals surface area (Å²) in [5, 5.41) is 6.88. The normalized spacial score (nSPS) is 21.6. The number of aliphatic imine (C=N–C) groups is 1. The molecule has 0 aliphatic carbocycles. The molecule has 7 heteroatoms. The Balaban J connectivity index is 1.36. The summed E-state index contributed by atoms with van der Waals surface area (Å²) in [7, 11) is 1.79. The number of nitrogens with zero attached hydrogens (tertiary/aromatic N) is 2. The Morgan fingerprint density at radius 2 is 2.18 bits per heavy atom. The molecule has 1 unspecified atom stereocenters. The zero-order chi connectivity index (χ0) is 19.6. The SMILES string of the molecule is CN=C(NCCCOC1CCOCC1)NC1CCCN(c2cccc(F)c2)C1. The lowest BCUT2D eigenvalue weighted by atomic mass is 10.0. The summed E-state index contributed by atoms with van der Waals surface area (Å²) in [5.74, 6) is 0.630. The summed E-state index contributed by atoms with van der Waals surface area (Å²) >= 11 is 0. The maximum atomic E-state index is 13.5. The average molecular weight is 393 g/mol. The molecule has 2 heterocycles. The second-order valence-corrected chi connectivity index (χ2v) is 7.44. The van der Waals surface area contributed by atoms with Crippen LogP contribution < -0.4 is 15.5 Å². The number of nitrogens with one attached hydrogen (secondary N) is 2. The van der Waals surface area contributed by atoms with E-state index in [9.17, 15) is 4.39 Å². The number of benzene rings is 1. The molecule has 0 radical (unpaired) electrons. The largest absolute Gasteiger partial charge is 0.381 e. The maximum absolute atomic E-state index is 13.5. The number of anilines is 1. The number of halogens is 1. The molecule has 0 bridgehead atoms. The summed E-state index contributed by atoms with van der Waals surface area (Å²) in [5.41, 5.74) is 0.944. The molecule has 28 heavy (non-hydrogen) atoms. The van der Waals surface area contributed by atoms with Gasteiger partial charge in [0.15, 0.2) is 5.96 Å². The molecule has 156 valence electrons. The highest BCUT2D eigenvalue weighted by Crippen LogP contribution is 2.20. The van der Waals surface area contributed by atoms with Crippen LogP contribution in [0.4, 0.5) is 10.1 Å². The van der Waals surface area contributed by atoms with Crippen molar-refractivity contribution in [3.8, 4) is 0 Å². The highest BCUT2D eigenvalue weighted by atomic mass is 19.1. The fourth-order valence-corrected chi connectivity index (χ4v) is 3.76. The van der Waals surface area contributed by atoms with Gasteiger partial charge in [-0.3, -0.25) is 4.99 Å². The van der Waals surface area contributed by atoms with Crippen LogP contribution in [0.15, 0.2) is 29.3 Å². The van der Waals surface area contributed by atoms with Gasteiger partial charge in [0, 0.05) is 58.2 Å². The minimum atomic E-state index is -0.187. The molecule has 2 aliphatic heterocycles. The zero-order valence-corrected chi connectivity index (χ0v) is 16.8. The number of piperidine rings is 1. The Morgan fingerprint density at radius 3 is 2.96 bits per heavy atom. The highest BCUT2D eigenvalue weighted by Gasteiger charge is 2.21. The van der Waals surface area contributed by atoms with Crippen LogP contribution in [-0.2, 0) is 9.47 Å². The van der Waals surface area contributed by atoms with E-state index in [4.69, 9.17) is 9.47 Å². The third kappa shape index (κ3) is 6.63. The van der Waals surface area contributed by atoms with Gasteiger partial charge in [-0.2, -0.15) is 0 Å². The van der Waals surface area contributed by atoms with Crippen LogP contribution in [-0.4, -0.2) is 64.6 Å². The molecular weight excluding hydrogens is 359 g/mol. The van der Waals surface area contributed by atoms with Crippen LogP contribution in [0.5, 0.6) is 0 Å². The van der Waals surface area contributed by atoms with Crippen molar-refractivity contribution in [3.05, 3.63) is 30.1 Å². The molecule has 0 spiro atoms. The van der Waals surface area contributed by atoms with Gasteiger partial charge in [-0.15, -0.1) is 0 Å². The van der Waals surface area contributed by atoms with Crippen LogP contribution in [0.2, 0.25) is 0 Å². The Morgan fingerprint density at radius 1 is 1.32 bits per heavy atom. The van der Waals surface area contributed by atoms with Crippen molar-refractivity contribution in [2.45, 2.75) is 44.2 Å². The molecule has 0 aromatic heterocycles. The topological polar surface area (TPSA) is 58.1 Å². The molecule has 1 aromatic rings. The van der Waals surface area contributed by atoms with Crippen molar-refractivity contribution in [3.63, 3.8) is 0 Å². The fourth-order valence-electron chi connectivity index (χ4n) is 3.76. The molecule has 3 rings (SSSR count). The van der Waals surface area contributed by atoms with Gasteiger partial charge in [-0.05, 0) is 50.3 Å². The number of hydrogen-bond donors (Lipinski definition) is 2. The summed E-state index contributed by atoms with van der Waals surface area (Å²) in [6.07, 6.45) is 5.45. The van der Waals surface area contributed by atoms with E-state index in [1.54, 1.807) is 19.2 Å². The summed E-state index contributed by atoms with van der Waals surface area (Å²) < 4.78 is 24.8. The molecule has 2 aliphatic rings. The van der Waals surface area contributed by atoms with Gasteiger partial charge < -0.3 is 25.0 Å². The van der Waals surface area contributed by atoms with Crippen molar-refractivity contribution >= 4 is 11.6 Å². The summed E-state index contributed by atoms with van der Waals surface area (Å²) in [6, 6.07) is 7.12. The maximum Gasteiger partial charge on any atom is 0.191 e. The molecular formula is C21H33FN4O2. The minimum Gasteiger partial charge on any atom is -0.381 e. The second kappa shape index (κ2) is 11.2. The lowest BCUT2D eigenvalue weighted by molar-refractivity contribution is -0.0320. The van der Waals surface area contributed by atoms with Crippen molar-refractivity contribution in [2.75, 3.05) is 51.4 Å². The van der Waals surface area contributed by atoms with Gasteiger partial charge in [0.2, 0.25) is 0 Å². The summed E-state index contributed by atoms with van der Waals surface area (Å²) in [4.78, 5) is 6.58. The van der Waals surface area contributed by atoms with Crippen LogP contribution in [0, 0.1) is 5.82 Å². The standard InChI is InChI=1S/C21H33FN4O2/c1-23-21(24-10-4-12-28-20-8-13-27-14-9-20)25-18-6-3-11-26(16-18)19-7-2-5-17(22)15-19/h2,5,7,15,18,20H,3-4,6,8-14,16H2,1H3,(H2,23,24,25). The predicted molar refractivity (Wildman–Crippen MR) is 111 cm³/mol. The van der Waals surface area contributed by atoms with Crippen LogP contribution in [0.25, 0.3) is 0 Å². The minimum absolute atomic E-state index is 0.187. The number of guanidine groups is 1. The number of hydrogen-bond acceptors (Lipinski definition) is 4. The molecule has 2 saturated heterocycles. The number of rotatable bonds is 7. The predicted octanol–water partition coefficient (Wildman–Crippen LogP) is 2.55. The van der Waals surface area contributed by atoms with Crippen molar-refractivity contribution < 1.29 is 13.9 Å². The van der Waals surface area contributed by atoms with E-state index in [1.807, 2.05) is 6.07 Å². The Bertz CT molecular complexity index is 622. The van der Waals surface area contributed by atoms with Gasteiger partial charge in [0.25, 0.3) is 0 Å². The molecule has 0 amide bonds. The van der Waals surface area contributed by atoms with Crippen molar-refractivity contribution in [1.29, 1.82) is 0 Å². The lowest BCUT2D eigenvalue weighted by Crippen LogP contribution is -2.51. The molecule has 0 saturated carbocycles. The molecule has 6 nitrogen and oxygen atoms in total. The van der Waals surface area contributed by atoms with E-state index in [0.29, 0.717) is 12.1 Å². The van der Waals surface area contributed by atoms with Crippen LogP contribution in [0.3, 0.4) is 0 Å². The van der Waals surface area contributed by atoms with Crippen LogP contribution >= 0.6 is 0 Å². The van der Waals surface area contributed by atoms with E-state index >= 15 is 0 Å². The van der Waals surface area contributed by atoms with E-state index in [1.165, 1.54) is 6.07 Å². The van der Waals surface area contributed by atoms with Gasteiger partial charge in [0.1, 0.15) is 5.82 Å². The fraction of sp³-hybridized carbons (Fsp3) is 0.667. The lowest BCUT2D eigenvalue weighted by Gasteiger charge is -2.35. The first-order valence-electron chi connectivity index (χ1n) is 10.4. The molecule has 1 aromatic carbocycles. The van der Waals surface area contributed by atoms with E-state index in [-0.39, 0.29) is 5.82 Å². The third-order valence-corrected chi connectivity index (χ3v) is 5.29. The van der Waals surface area contributed by atoms with Gasteiger partial charge >= 0.3 is 0 Å². The van der Waals surface area contributed by atoms with Gasteiger partial charge in [-0.1, -0.05) is 6.07 Å². The first-order chi connectivity index (χ1) is 13.7. The van der Waals surface area contributed by atoms with Crippen LogP contribution in [0.1, 0.15) is 32.1 Å². The van der Waals surface area contributed by atoms with Crippen molar-refractivity contribution in [2.24, 2.45) is 4.99 Å². The monoisotopic (exact) mass is 392 g/mol. The number of ether oxygens (including phenoxy) is 2. The molecule has 2 fully saturated rings. The molecule has 2 N–H and O–H groups in total. The summed E-state index contributed by atoms with van der Waals surface area (Å²) in [6.45, 7) is 5.00. The first kappa shape index (κ1) is 20.9. The second-order valence-electron chi connectivity index (χ2n) is 7.44.